The van der Waals surface area contributed by atoms with Crippen molar-refractivity contribution in [2.45, 2.75) is 68.2 Å². The lowest BCUT2D eigenvalue weighted by atomic mass is 9.82. The van der Waals surface area contributed by atoms with Crippen LogP contribution in [0.5, 0.6) is 0 Å². The van der Waals surface area contributed by atoms with Crippen molar-refractivity contribution in [2.24, 2.45) is 5.92 Å². The van der Waals surface area contributed by atoms with Gasteiger partial charge in [0.15, 0.2) is 5.82 Å². The topological polar surface area (TPSA) is 88.2 Å². The molecule has 1 heterocycles. The first-order chi connectivity index (χ1) is 13.6. The van der Waals surface area contributed by atoms with E-state index in [1.807, 2.05) is 0 Å². The normalized spacial score (nSPS) is 30.7. The second-order valence-corrected chi connectivity index (χ2v) is 8.86. The molecular weight excluding hydrogens is 354 g/mol. The molecule has 28 heavy (non-hydrogen) atoms. The lowest BCUT2D eigenvalue weighted by Crippen LogP contribution is -2.30. The fourth-order valence-corrected chi connectivity index (χ4v) is 4.65. The molecule has 0 amide bonds. The fourth-order valence-electron chi connectivity index (χ4n) is 4.65. The summed E-state index contributed by atoms with van der Waals surface area (Å²) in [6, 6.07) is 11.3. The Morgan fingerprint density at radius 2 is 1.93 bits per heavy atom. The SMILES string of the molecule is O=C(O)[C@H]1CC[C@@H](c2nc(C3(CNC4CC4c4ccccc4)CC3)no2)CC1. The van der Waals surface area contributed by atoms with E-state index < -0.39 is 5.97 Å². The Morgan fingerprint density at radius 1 is 1.18 bits per heavy atom. The Balaban J connectivity index is 1.17. The maximum absolute atomic E-state index is 11.1. The predicted octanol–water partition coefficient (Wildman–Crippen LogP) is 3.61. The molecule has 2 atom stereocenters. The first-order valence-corrected chi connectivity index (χ1v) is 10.5. The van der Waals surface area contributed by atoms with Crippen LogP contribution in [-0.2, 0) is 10.2 Å². The quantitative estimate of drug-likeness (QED) is 0.762. The lowest BCUT2D eigenvalue weighted by molar-refractivity contribution is -0.142. The van der Waals surface area contributed by atoms with E-state index in [4.69, 9.17) is 14.6 Å². The number of carboxylic acid groups (broad SMARTS) is 1. The van der Waals surface area contributed by atoms with E-state index in [0.29, 0.717) is 30.7 Å². The minimum Gasteiger partial charge on any atom is -0.481 e. The molecule has 6 heteroatoms. The van der Waals surface area contributed by atoms with Gasteiger partial charge in [0.2, 0.25) is 5.89 Å². The monoisotopic (exact) mass is 381 g/mol. The highest BCUT2D eigenvalue weighted by molar-refractivity contribution is 5.70. The van der Waals surface area contributed by atoms with Crippen LogP contribution < -0.4 is 5.32 Å². The largest absolute Gasteiger partial charge is 0.481 e. The average Bonchev–Trinajstić information content (AvgIpc) is 3.64. The van der Waals surface area contributed by atoms with Crippen molar-refractivity contribution in [1.29, 1.82) is 0 Å². The van der Waals surface area contributed by atoms with Gasteiger partial charge in [-0.15, -0.1) is 0 Å². The Morgan fingerprint density at radius 3 is 2.61 bits per heavy atom. The van der Waals surface area contributed by atoms with Crippen LogP contribution in [-0.4, -0.2) is 33.8 Å². The van der Waals surface area contributed by atoms with Crippen LogP contribution in [0.1, 0.15) is 74.1 Å². The zero-order chi connectivity index (χ0) is 19.1. The summed E-state index contributed by atoms with van der Waals surface area (Å²) in [7, 11) is 0. The van der Waals surface area contributed by atoms with Gasteiger partial charge in [0.05, 0.1) is 5.92 Å². The third-order valence-corrected chi connectivity index (χ3v) is 6.92. The van der Waals surface area contributed by atoms with E-state index in [1.165, 1.54) is 12.0 Å². The molecule has 1 aromatic heterocycles. The molecule has 3 aliphatic carbocycles. The van der Waals surface area contributed by atoms with Gasteiger partial charge in [-0.05, 0) is 50.5 Å². The van der Waals surface area contributed by atoms with Crippen molar-refractivity contribution < 1.29 is 14.4 Å². The zero-order valence-electron chi connectivity index (χ0n) is 16.0. The molecule has 2 unspecified atom stereocenters. The van der Waals surface area contributed by atoms with Gasteiger partial charge in [-0.3, -0.25) is 4.79 Å². The van der Waals surface area contributed by atoms with Crippen molar-refractivity contribution in [3.8, 4) is 0 Å². The standard InChI is InChI=1S/C22H27N3O3/c26-20(27)16-8-6-15(7-9-16)19-24-21(25-28-19)22(10-11-22)13-23-18-12-17(18)14-4-2-1-3-5-14/h1-5,15-18,23H,6-13H2,(H,26,27)/t15-,16+,17?,18?. The first-order valence-electron chi connectivity index (χ1n) is 10.5. The van der Waals surface area contributed by atoms with Crippen LogP contribution in [0.15, 0.2) is 34.9 Å². The van der Waals surface area contributed by atoms with E-state index in [1.54, 1.807) is 0 Å². The van der Waals surface area contributed by atoms with E-state index in [-0.39, 0.29) is 17.3 Å². The zero-order valence-corrected chi connectivity index (χ0v) is 16.0. The minimum absolute atomic E-state index is 0.0316. The second kappa shape index (κ2) is 6.99. The highest BCUT2D eigenvalue weighted by Gasteiger charge is 2.50. The molecule has 2 N–H and O–H groups in total. The van der Waals surface area contributed by atoms with Gasteiger partial charge >= 0.3 is 5.97 Å². The molecule has 0 aliphatic heterocycles. The number of benzene rings is 1. The molecule has 3 fully saturated rings. The van der Waals surface area contributed by atoms with Crippen LogP contribution in [0, 0.1) is 5.92 Å². The summed E-state index contributed by atoms with van der Waals surface area (Å²) in [6.45, 7) is 0.908. The molecule has 148 valence electrons. The molecule has 0 saturated heterocycles. The number of nitrogens with zero attached hydrogens (tertiary/aromatic N) is 2. The maximum Gasteiger partial charge on any atom is 0.306 e. The van der Waals surface area contributed by atoms with Crippen LogP contribution in [0.3, 0.4) is 0 Å². The maximum atomic E-state index is 11.1. The Labute approximate surface area is 164 Å². The molecule has 5 rings (SSSR count). The number of carbonyl (C=O) groups is 1. The molecule has 0 bridgehead atoms. The first kappa shape index (κ1) is 17.9. The number of carboxylic acids is 1. The molecule has 3 saturated carbocycles. The van der Waals surface area contributed by atoms with Gasteiger partial charge in [0, 0.05) is 29.8 Å². The molecular formula is C22H27N3O3. The summed E-state index contributed by atoms with van der Waals surface area (Å²) in [6.07, 6.45) is 6.46. The molecule has 0 spiro atoms. The van der Waals surface area contributed by atoms with E-state index in [0.717, 1.165) is 38.1 Å². The third kappa shape index (κ3) is 3.46. The highest BCUT2D eigenvalue weighted by Crippen LogP contribution is 2.48. The summed E-state index contributed by atoms with van der Waals surface area (Å²) < 4.78 is 5.60. The third-order valence-electron chi connectivity index (χ3n) is 6.92. The van der Waals surface area contributed by atoms with Gasteiger partial charge in [0.1, 0.15) is 0 Å². The molecule has 2 aromatic rings. The van der Waals surface area contributed by atoms with Crippen LogP contribution in [0.25, 0.3) is 0 Å². The summed E-state index contributed by atoms with van der Waals surface area (Å²) in [5.41, 5.74) is 1.45. The summed E-state index contributed by atoms with van der Waals surface area (Å²) in [5.74, 6) is 1.50. The van der Waals surface area contributed by atoms with Crippen LogP contribution >= 0.6 is 0 Å². The highest BCUT2D eigenvalue weighted by atomic mass is 16.5. The number of aromatic nitrogens is 2. The number of aliphatic carboxylic acids is 1. The minimum atomic E-state index is -0.679. The van der Waals surface area contributed by atoms with Gasteiger partial charge in [-0.25, -0.2) is 0 Å². The van der Waals surface area contributed by atoms with Gasteiger partial charge in [0.25, 0.3) is 0 Å². The van der Waals surface area contributed by atoms with Gasteiger partial charge in [-0.1, -0.05) is 35.5 Å². The summed E-state index contributed by atoms with van der Waals surface area (Å²) >= 11 is 0. The second-order valence-electron chi connectivity index (χ2n) is 8.86. The van der Waals surface area contributed by atoms with E-state index in [2.05, 4.69) is 40.8 Å². The van der Waals surface area contributed by atoms with Crippen LogP contribution in [0.4, 0.5) is 0 Å². The summed E-state index contributed by atoms with van der Waals surface area (Å²) in [4.78, 5) is 15.9. The molecule has 6 nitrogen and oxygen atoms in total. The van der Waals surface area contributed by atoms with E-state index in [9.17, 15) is 4.79 Å². The smallest absolute Gasteiger partial charge is 0.306 e. The Hall–Kier alpha value is -2.21. The Kier molecular flexibility index (Phi) is 4.46. The average molecular weight is 381 g/mol. The van der Waals surface area contributed by atoms with Gasteiger partial charge < -0.3 is 14.9 Å². The summed E-state index contributed by atoms with van der Waals surface area (Å²) in [5, 5.41) is 17.2. The van der Waals surface area contributed by atoms with Crippen LogP contribution in [0.2, 0.25) is 0 Å². The fraction of sp³-hybridized carbons (Fsp3) is 0.591. The van der Waals surface area contributed by atoms with Crippen molar-refractivity contribution >= 4 is 5.97 Å². The number of hydrogen-bond acceptors (Lipinski definition) is 5. The number of hydrogen-bond donors (Lipinski definition) is 2. The molecule has 0 radical (unpaired) electrons. The number of nitrogens with one attached hydrogen (secondary N) is 1. The lowest BCUT2D eigenvalue weighted by Gasteiger charge is -2.23. The molecule has 3 aliphatic rings. The molecule has 1 aromatic carbocycles. The van der Waals surface area contributed by atoms with Gasteiger partial charge in [-0.2, -0.15) is 4.98 Å². The van der Waals surface area contributed by atoms with Crippen molar-refractivity contribution in [3.05, 3.63) is 47.6 Å². The van der Waals surface area contributed by atoms with Crippen molar-refractivity contribution in [1.82, 2.24) is 15.5 Å². The van der Waals surface area contributed by atoms with Crippen molar-refractivity contribution in [2.75, 3.05) is 6.54 Å². The number of rotatable bonds is 7. The Bertz CT molecular complexity index is 838. The predicted molar refractivity (Wildman–Crippen MR) is 103 cm³/mol. The van der Waals surface area contributed by atoms with E-state index >= 15 is 0 Å². The van der Waals surface area contributed by atoms with Crippen molar-refractivity contribution in [3.63, 3.8) is 0 Å².